The van der Waals surface area contributed by atoms with Crippen molar-refractivity contribution in [2.75, 3.05) is 0 Å². The molecule has 0 unspecified atom stereocenters. The first kappa shape index (κ1) is 11.5. The molecule has 1 heterocycles. The fourth-order valence-electron chi connectivity index (χ4n) is 1.96. The Morgan fingerprint density at radius 1 is 1.22 bits per heavy atom. The smallest absolute Gasteiger partial charge is 0.139 e. The molecule has 2 N–H and O–H groups in total. The fraction of sp³-hybridized carbons (Fsp3) is 0.0714. The van der Waals surface area contributed by atoms with E-state index in [9.17, 15) is 5.11 Å². The maximum absolute atomic E-state index is 9.46. The average molecular weight is 350 g/mol. The lowest BCUT2D eigenvalue weighted by Gasteiger charge is -2.03. The van der Waals surface area contributed by atoms with Crippen LogP contribution in [0.2, 0.25) is 0 Å². The molecule has 3 nitrogen and oxygen atoms in total. The third-order valence-electron chi connectivity index (χ3n) is 2.91. The van der Waals surface area contributed by atoms with Gasteiger partial charge in [0, 0.05) is 15.2 Å². The molecule has 0 saturated carbocycles. The average Bonchev–Trinajstić information content (AvgIpc) is 2.75. The highest BCUT2D eigenvalue weighted by Gasteiger charge is 2.10. The number of phenols is 1. The highest BCUT2D eigenvalue weighted by atomic mass is 127. The standard InChI is InChI=1S/C14H11IN2O/c1-8-3-2-4-10(13(8)15)14-16-11-6-5-9(18)7-12(11)17-14/h2-7,18H,1H3,(H,16,17). The number of hydrogen-bond donors (Lipinski definition) is 2. The predicted octanol–water partition coefficient (Wildman–Crippen LogP) is 3.85. The number of H-pyrrole nitrogens is 1. The third-order valence-corrected chi connectivity index (χ3v) is 4.34. The molecule has 2 aromatic carbocycles. The quantitative estimate of drug-likeness (QED) is 0.655. The van der Waals surface area contributed by atoms with E-state index in [1.54, 1.807) is 12.1 Å². The maximum Gasteiger partial charge on any atom is 0.139 e. The van der Waals surface area contributed by atoms with Crippen LogP contribution in [0.15, 0.2) is 36.4 Å². The summed E-state index contributed by atoms with van der Waals surface area (Å²) < 4.78 is 1.19. The van der Waals surface area contributed by atoms with E-state index in [1.807, 2.05) is 18.2 Å². The monoisotopic (exact) mass is 350 g/mol. The van der Waals surface area contributed by atoms with Gasteiger partial charge in [0.1, 0.15) is 11.6 Å². The molecule has 3 rings (SSSR count). The van der Waals surface area contributed by atoms with E-state index < -0.39 is 0 Å². The van der Waals surface area contributed by atoms with Crippen molar-refractivity contribution in [1.29, 1.82) is 0 Å². The summed E-state index contributed by atoms with van der Waals surface area (Å²) in [5.74, 6) is 1.08. The number of imidazole rings is 1. The number of aromatic hydroxyl groups is 1. The van der Waals surface area contributed by atoms with Gasteiger partial charge >= 0.3 is 0 Å². The number of hydrogen-bond acceptors (Lipinski definition) is 2. The topological polar surface area (TPSA) is 48.9 Å². The van der Waals surface area contributed by atoms with Crippen LogP contribution < -0.4 is 0 Å². The lowest BCUT2D eigenvalue weighted by Crippen LogP contribution is -1.87. The Kier molecular flexibility index (Phi) is 2.74. The first-order chi connectivity index (χ1) is 8.65. The van der Waals surface area contributed by atoms with E-state index >= 15 is 0 Å². The molecule has 0 spiro atoms. The molecule has 0 amide bonds. The molecule has 1 aromatic heterocycles. The molecular formula is C14H11IN2O. The second-order valence-electron chi connectivity index (χ2n) is 4.22. The number of halogens is 1. The molecule has 0 aliphatic carbocycles. The number of fused-ring (bicyclic) bond motifs is 1. The van der Waals surface area contributed by atoms with Crippen molar-refractivity contribution in [2.24, 2.45) is 0 Å². The summed E-state index contributed by atoms with van der Waals surface area (Å²) in [7, 11) is 0. The summed E-state index contributed by atoms with van der Waals surface area (Å²) in [6, 6.07) is 11.3. The second-order valence-corrected chi connectivity index (χ2v) is 5.30. The van der Waals surface area contributed by atoms with Gasteiger partial charge in [-0.3, -0.25) is 0 Å². The Morgan fingerprint density at radius 2 is 2.06 bits per heavy atom. The molecule has 4 heteroatoms. The number of aromatic nitrogens is 2. The molecule has 0 aliphatic rings. The van der Waals surface area contributed by atoms with E-state index in [0.717, 1.165) is 22.4 Å². The van der Waals surface area contributed by atoms with Crippen molar-refractivity contribution in [3.05, 3.63) is 45.5 Å². The zero-order chi connectivity index (χ0) is 12.7. The largest absolute Gasteiger partial charge is 0.508 e. The highest BCUT2D eigenvalue weighted by Crippen LogP contribution is 2.28. The Bertz CT molecular complexity index is 734. The Morgan fingerprint density at radius 3 is 2.89 bits per heavy atom. The lowest BCUT2D eigenvalue weighted by atomic mass is 10.1. The van der Waals surface area contributed by atoms with Crippen LogP contribution >= 0.6 is 22.6 Å². The van der Waals surface area contributed by atoms with Crippen LogP contribution in [-0.4, -0.2) is 15.1 Å². The SMILES string of the molecule is Cc1cccc(-c2nc3ccc(O)cc3[nH]2)c1I. The van der Waals surface area contributed by atoms with Gasteiger partial charge in [0.05, 0.1) is 11.0 Å². The highest BCUT2D eigenvalue weighted by molar-refractivity contribution is 14.1. The zero-order valence-electron chi connectivity index (χ0n) is 9.74. The summed E-state index contributed by atoms with van der Waals surface area (Å²) in [5.41, 5.74) is 4.03. The Labute approximate surface area is 118 Å². The zero-order valence-corrected chi connectivity index (χ0v) is 11.9. The first-order valence-corrected chi connectivity index (χ1v) is 6.67. The maximum atomic E-state index is 9.46. The molecule has 0 bridgehead atoms. The van der Waals surface area contributed by atoms with Gasteiger partial charge in [-0.15, -0.1) is 0 Å². The van der Waals surface area contributed by atoms with Crippen LogP contribution in [0.4, 0.5) is 0 Å². The molecular weight excluding hydrogens is 339 g/mol. The van der Waals surface area contributed by atoms with Crippen LogP contribution in [0.25, 0.3) is 22.4 Å². The number of rotatable bonds is 1. The molecule has 0 atom stereocenters. The van der Waals surface area contributed by atoms with Crippen LogP contribution in [-0.2, 0) is 0 Å². The van der Waals surface area contributed by atoms with Gasteiger partial charge in [-0.25, -0.2) is 4.98 Å². The molecule has 0 fully saturated rings. The minimum absolute atomic E-state index is 0.247. The minimum Gasteiger partial charge on any atom is -0.508 e. The third kappa shape index (κ3) is 1.86. The van der Waals surface area contributed by atoms with E-state index in [1.165, 1.54) is 9.13 Å². The molecule has 0 radical (unpaired) electrons. The van der Waals surface area contributed by atoms with Crippen molar-refractivity contribution < 1.29 is 5.11 Å². The Hall–Kier alpha value is -1.56. The number of nitrogens with one attached hydrogen (secondary N) is 1. The van der Waals surface area contributed by atoms with E-state index in [0.29, 0.717) is 0 Å². The molecule has 0 aliphatic heterocycles. The van der Waals surface area contributed by atoms with E-state index in [-0.39, 0.29) is 5.75 Å². The van der Waals surface area contributed by atoms with Gasteiger partial charge in [-0.1, -0.05) is 18.2 Å². The van der Waals surface area contributed by atoms with Crippen LogP contribution in [0.1, 0.15) is 5.56 Å². The Balaban J connectivity index is 2.22. The lowest BCUT2D eigenvalue weighted by molar-refractivity contribution is 0.476. The minimum atomic E-state index is 0.247. The van der Waals surface area contributed by atoms with Crippen molar-refractivity contribution in [1.82, 2.24) is 9.97 Å². The molecule has 0 saturated heterocycles. The van der Waals surface area contributed by atoms with E-state index in [4.69, 9.17) is 0 Å². The summed E-state index contributed by atoms with van der Waals surface area (Å²) in [6.45, 7) is 2.08. The fourth-order valence-corrected chi connectivity index (χ4v) is 2.57. The van der Waals surface area contributed by atoms with Gasteiger partial charge in [-0.05, 0) is 47.2 Å². The van der Waals surface area contributed by atoms with Crippen molar-refractivity contribution in [3.63, 3.8) is 0 Å². The summed E-state index contributed by atoms with van der Waals surface area (Å²) in [6.07, 6.45) is 0. The second kappa shape index (κ2) is 4.28. The number of benzene rings is 2. The van der Waals surface area contributed by atoms with Gasteiger partial charge in [0.25, 0.3) is 0 Å². The van der Waals surface area contributed by atoms with Crippen molar-refractivity contribution in [3.8, 4) is 17.1 Å². The summed E-state index contributed by atoms with van der Waals surface area (Å²) in [5, 5.41) is 9.46. The molecule has 90 valence electrons. The van der Waals surface area contributed by atoms with Gasteiger partial charge in [0.15, 0.2) is 0 Å². The molecule has 3 aromatic rings. The summed E-state index contributed by atoms with van der Waals surface area (Å²) >= 11 is 2.33. The normalized spacial score (nSPS) is 11.0. The van der Waals surface area contributed by atoms with Crippen molar-refractivity contribution in [2.45, 2.75) is 6.92 Å². The van der Waals surface area contributed by atoms with Crippen LogP contribution in [0.5, 0.6) is 5.75 Å². The van der Waals surface area contributed by atoms with Gasteiger partial charge in [-0.2, -0.15) is 0 Å². The number of aromatic amines is 1. The van der Waals surface area contributed by atoms with Gasteiger partial charge < -0.3 is 10.1 Å². The summed E-state index contributed by atoms with van der Waals surface area (Å²) in [4.78, 5) is 7.80. The van der Waals surface area contributed by atoms with Crippen LogP contribution in [0.3, 0.4) is 0 Å². The van der Waals surface area contributed by atoms with E-state index in [2.05, 4.69) is 45.5 Å². The van der Waals surface area contributed by atoms with Crippen LogP contribution in [0, 0.1) is 10.5 Å². The number of phenolic OH excluding ortho intramolecular Hbond substituents is 1. The van der Waals surface area contributed by atoms with Gasteiger partial charge in [0.2, 0.25) is 0 Å². The number of nitrogens with zero attached hydrogens (tertiary/aromatic N) is 1. The number of aryl methyl sites for hydroxylation is 1. The van der Waals surface area contributed by atoms with Crippen molar-refractivity contribution >= 4 is 33.6 Å². The molecule has 18 heavy (non-hydrogen) atoms. The predicted molar refractivity (Wildman–Crippen MR) is 80.6 cm³/mol. The first-order valence-electron chi connectivity index (χ1n) is 5.59.